The minimum atomic E-state index is -0.198. The molecular weight excluding hydrogens is 254 g/mol. The summed E-state index contributed by atoms with van der Waals surface area (Å²) in [4.78, 5) is 0. The van der Waals surface area contributed by atoms with E-state index in [0.29, 0.717) is 6.04 Å². The van der Waals surface area contributed by atoms with Crippen LogP contribution in [0.5, 0.6) is 0 Å². The van der Waals surface area contributed by atoms with Gasteiger partial charge in [-0.05, 0) is 31.5 Å². The molecule has 0 bridgehead atoms. The quantitative estimate of drug-likeness (QED) is 0.847. The molecule has 1 heterocycles. The van der Waals surface area contributed by atoms with Gasteiger partial charge in [-0.1, -0.05) is 28.1 Å². The van der Waals surface area contributed by atoms with Crippen molar-refractivity contribution in [2.24, 2.45) is 0 Å². The normalized spacial score (nSPS) is 31.5. The molecule has 1 fully saturated rings. The number of nitrogens with one attached hydrogen (secondary N) is 1. The molecule has 1 aliphatic rings. The molecule has 1 aromatic carbocycles. The minimum absolute atomic E-state index is 0.198. The van der Waals surface area contributed by atoms with E-state index in [0.717, 1.165) is 17.6 Å². The molecule has 1 aliphatic heterocycles. The fraction of sp³-hybridized carbons (Fsp3) is 0.500. The Morgan fingerprint density at radius 1 is 1.53 bits per heavy atom. The summed E-state index contributed by atoms with van der Waals surface area (Å²) in [6.07, 6.45) is 0. The minimum Gasteiger partial charge on any atom is -0.368 e. The maximum absolute atomic E-state index is 5.94. The third-order valence-corrected chi connectivity index (χ3v) is 3.37. The Bertz CT molecular complexity index is 345. The molecule has 1 aromatic rings. The molecular formula is C12H16BrNO. The predicted molar refractivity (Wildman–Crippen MR) is 64.9 cm³/mol. The molecule has 3 heteroatoms. The van der Waals surface area contributed by atoms with Crippen LogP contribution in [0.25, 0.3) is 0 Å². The lowest BCUT2D eigenvalue weighted by Gasteiger charge is -2.37. The van der Waals surface area contributed by atoms with Crippen LogP contribution in [-0.4, -0.2) is 19.2 Å². The largest absolute Gasteiger partial charge is 0.368 e. The Balaban J connectivity index is 2.22. The maximum Gasteiger partial charge on any atom is 0.103 e. The molecule has 2 unspecified atom stereocenters. The molecule has 0 amide bonds. The summed E-state index contributed by atoms with van der Waals surface area (Å²) >= 11 is 3.49. The first-order valence-electron chi connectivity index (χ1n) is 5.23. The number of ether oxygens (including phenoxy) is 1. The molecule has 82 valence electrons. The zero-order valence-corrected chi connectivity index (χ0v) is 10.7. The third kappa shape index (κ3) is 2.41. The van der Waals surface area contributed by atoms with Crippen LogP contribution in [0.4, 0.5) is 0 Å². The van der Waals surface area contributed by atoms with Gasteiger partial charge in [-0.2, -0.15) is 0 Å². The second kappa shape index (κ2) is 4.24. The molecule has 2 rings (SSSR count). The van der Waals surface area contributed by atoms with Gasteiger partial charge in [0, 0.05) is 17.1 Å². The first-order chi connectivity index (χ1) is 7.10. The van der Waals surface area contributed by atoms with E-state index in [2.05, 4.69) is 47.2 Å². The van der Waals surface area contributed by atoms with Gasteiger partial charge >= 0.3 is 0 Å². The van der Waals surface area contributed by atoms with Gasteiger partial charge in [0.25, 0.3) is 0 Å². The average molecular weight is 270 g/mol. The second-order valence-electron chi connectivity index (χ2n) is 4.33. The number of hydrogen-bond donors (Lipinski definition) is 1. The van der Waals surface area contributed by atoms with Crippen molar-refractivity contribution < 1.29 is 4.74 Å². The highest BCUT2D eigenvalue weighted by Crippen LogP contribution is 2.29. The standard InChI is InChI=1S/C12H16BrNO/c1-9-7-15-12(2,8-14-9)10-4-3-5-11(13)6-10/h3-6,9,14H,7-8H2,1-2H3. The van der Waals surface area contributed by atoms with Gasteiger partial charge in [0.2, 0.25) is 0 Å². The number of morpholine rings is 1. The van der Waals surface area contributed by atoms with E-state index in [1.165, 1.54) is 5.56 Å². The number of benzene rings is 1. The van der Waals surface area contributed by atoms with Crippen molar-refractivity contribution in [2.45, 2.75) is 25.5 Å². The van der Waals surface area contributed by atoms with E-state index in [4.69, 9.17) is 4.74 Å². The Hall–Kier alpha value is -0.380. The summed E-state index contributed by atoms with van der Waals surface area (Å²) in [5.41, 5.74) is 1.02. The first kappa shape index (κ1) is 11.1. The van der Waals surface area contributed by atoms with Crippen LogP contribution in [0, 0.1) is 0 Å². The third-order valence-electron chi connectivity index (χ3n) is 2.88. The fourth-order valence-electron chi connectivity index (χ4n) is 1.79. The maximum atomic E-state index is 5.94. The van der Waals surface area contributed by atoms with Crippen LogP contribution >= 0.6 is 15.9 Å². The van der Waals surface area contributed by atoms with Crippen LogP contribution in [0.3, 0.4) is 0 Å². The lowest BCUT2D eigenvalue weighted by molar-refractivity contribution is -0.0728. The molecule has 0 saturated carbocycles. The van der Waals surface area contributed by atoms with Crippen molar-refractivity contribution in [3.05, 3.63) is 34.3 Å². The van der Waals surface area contributed by atoms with Gasteiger partial charge in [0.1, 0.15) is 5.60 Å². The number of rotatable bonds is 1. The molecule has 1 N–H and O–H groups in total. The van der Waals surface area contributed by atoms with Gasteiger partial charge in [0.15, 0.2) is 0 Å². The van der Waals surface area contributed by atoms with E-state index in [1.807, 2.05) is 12.1 Å². The van der Waals surface area contributed by atoms with Crippen molar-refractivity contribution in [3.63, 3.8) is 0 Å². The van der Waals surface area contributed by atoms with E-state index < -0.39 is 0 Å². The summed E-state index contributed by atoms with van der Waals surface area (Å²) in [6, 6.07) is 8.77. The van der Waals surface area contributed by atoms with Crippen LogP contribution in [-0.2, 0) is 10.3 Å². The molecule has 0 spiro atoms. The molecule has 2 nitrogen and oxygen atoms in total. The smallest absolute Gasteiger partial charge is 0.103 e. The Morgan fingerprint density at radius 3 is 2.93 bits per heavy atom. The molecule has 15 heavy (non-hydrogen) atoms. The predicted octanol–water partition coefficient (Wildman–Crippen LogP) is 2.67. The van der Waals surface area contributed by atoms with Gasteiger partial charge in [-0.25, -0.2) is 0 Å². The fourth-order valence-corrected chi connectivity index (χ4v) is 2.19. The highest BCUT2D eigenvalue weighted by Gasteiger charge is 2.32. The van der Waals surface area contributed by atoms with Gasteiger partial charge in [-0.3, -0.25) is 0 Å². The van der Waals surface area contributed by atoms with Gasteiger partial charge in [-0.15, -0.1) is 0 Å². The highest BCUT2D eigenvalue weighted by atomic mass is 79.9. The summed E-state index contributed by atoms with van der Waals surface area (Å²) < 4.78 is 7.04. The summed E-state index contributed by atoms with van der Waals surface area (Å²) in [5, 5.41) is 3.45. The summed E-state index contributed by atoms with van der Waals surface area (Å²) in [7, 11) is 0. The molecule has 1 saturated heterocycles. The lowest BCUT2D eigenvalue weighted by atomic mass is 9.94. The van der Waals surface area contributed by atoms with Crippen LogP contribution in [0.1, 0.15) is 19.4 Å². The van der Waals surface area contributed by atoms with Crippen LogP contribution < -0.4 is 5.32 Å². The van der Waals surface area contributed by atoms with Crippen LogP contribution in [0.15, 0.2) is 28.7 Å². The van der Waals surface area contributed by atoms with Crippen molar-refractivity contribution in [1.82, 2.24) is 5.32 Å². The zero-order chi connectivity index (χ0) is 10.9. The highest BCUT2D eigenvalue weighted by molar-refractivity contribution is 9.10. The lowest BCUT2D eigenvalue weighted by Crippen LogP contribution is -2.50. The Morgan fingerprint density at radius 2 is 2.33 bits per heavy atom. The topological polar surface area (TPSA) is 21.3 Å². The van der Waals surface area contributed by atoms with Crippen molar-refractivity contribution >= 4 is 15.9 Å². The number of halogens is 1. The van der Waals surface area contributed by atoms with Crippen LogP contribution in [0.2, 0.25) is 0 Å². The van der Waals surface area contributed by atoms with Gasteiger partial charge in [0.05, 0.1) is 6.61 Å². The zero-order valence-electron chi connectivity index (χ0n) is 9.09. The van der Waals surface area contributed by atoms with Crippen molar-refractivity contribution in [3.8, 4) is 0 Å². The van der Waals surface area contributed by atoms with E-state index in [1.54, 1.807) is 0 Å². The monoisotopic (exact) mass is 269 g/mol. The first-order valence-corrected chi connectivity index (χ1v) is 6.03. The van der Waals surface area contributed by atoms with E-state index in [9.17, 15) is 0 Å². The van der Waals surface area contributed by atoms with Crippen molar-refractivity contribution in [2.75, 3.05) is 13.2 Å². The molecule has 0 radical (unpaired) electrons. The SMILES string of the molecule is CC1COC(C)(c2cccc(Br)c2)CN1. The molecule has 0 aromatic heterocycles. The van der Waals surface area contributed by atoms with E-state index in [-0.39, 0.29) is 5.60 Å². The molecule has 2 atom stereocenters. The second-order valence-corrected chi connectivity index (χ2v) is 5.25. The average Bonchev–Trinajstić information content (AvgIpc) is 2.23. The summed E-state index contributed by atoms with van der Waals surface area (Å²) in [6.45, 7) is 5.90. The van der Waals surface area contributed by atoms with Crippen molar-refractivity contribution in [1.29, 1.82) is 0 Å². The molecule has 0 aliphatic carbocycles. The Labute approximate surface area is 99.1 Å². The number of hydrogen-bond acceptors (Lipinski definition) is 2. The van der Waals surface area contributed by atoms with Gasteiger partial charge < -0.3 is 10.1 Å². The Kier molecular flexibility index (Phi) is 3.14. The van der Waals surface area contributed by atoms with E-state index >= 15 is 0 Å². The summed E-state index contributed by atoms with van der Waals surface area (Å²) in [5.74, 6) is 0.